The van der Waals surface area contributed by atoms with E-state index in [2.05, 4.69) is 35.0 Å². The third-order valence-electron chi connectivity index (χ3n) is 5.95. The van der Waals surface area contributed by atoms with E-state index in [-0.39, 0.29) is 6.10 Å². The van der Waals surface area contributed by atoms with Crippen LogP contribution in [0.1, 0.15) is 61.3 Å². The van der Waals surface area contributed by atoms with Crippen LogP contribution in [0.3, 0.4) is 0 Å². The topological polar surface area (TPSA) is 62.0 Å². The Kier molecular flexibility index (Phi) is 5.10. The molecule has 0 aliphatic heterocycles. The molecule has 0 radical (unpaired) electrons. The number of rotatable bonds is 5. The van der Waals surface area contributed by atoms with E-state index in [0.29, 0.717) is 18.4 Å². The maximum absolute atomic E-state index is 8.97. The number of aryl methyl sites for hydroxylation is 1. The van der Waals surface area contributed by atoms with Gasteiger partial charge in [0.2, 0.25) is 5.88 Å². The Morgan fingerprint density at radius 1 is 1.23 bits per heavy atom. The normalized spacial score (nSPS) is 25.4. The smallest absolute Gasteiger partial charge is 0.225 e. The Hall–Kier alpha value is -1.71. The van der Waals surface area contributed by atoms with Crippen molar-refractivity contribution in [3.05, 3.63) is 16.8 Å². The number of nitrogens with zero attached hydrogens (tertiary/aromatic N) is 4. The second-order valence-electron chi connectivity index (χ2n) is 7.74. The number of aromatic nitrogens is 2. The molecule has 138 valence electrons. The van der Waals surface area contributed by atoms with Crippen molar-refractivity contribution in [1.82, 2.24) is 14.9 Å². The number of fused-ring (bicyclic) bond motifs is 3. The van der Waals surface area contributed by atoms with Crippen LogP contribution in [0.25, 0.3) is 10.2 Å². The molecule has 4 rings (SSSR count). The van der Waals surface area contributed by atoms with E-state index in [9.17, 15) is 0 Å². The highest BCUT2D eigenvalue weighted by Crippen LogP contribution is 2.47. The molecule has 1 fully saturated rings. The molecule has 2 aliphatic rings. The predicted molar refractivity (Wildman–Crippen MR) is 104 cm³/mol. The van der Waals surface area contributed by atoms with Crippen molar-refractivity contribution >= 4 is 21.6 Å². The highest BCUT2D eigenvalue weighted by atomic mass is 32.1. The van der Waals surface area contributed by atoms with Gasteiger partial charge < -0.3 is 9.64 Å². The Bertz CT molecular complexity index is 817. The van der Waals surface area contributed by atoms with Gasteiger partial charge in [0.25, 0.3) is 0 Å². The zero-order chi connectivity index (χ0) is 18.1. The van der Waals surface area contributed by atoms with Crippen LogP contribution in [0.5, 0.6) is 5.88 Å². The molecule has 2 aliphatic carbocycles. The van der Waals surface area contributed by atoms with Crippen LogP contribution in [0.4, 0.5) is 0 Å². The lowest BCUT2D eigenvalue weighted by Gasteiger charge is -2.32. The highest BCUT2D eigenvalue weighted by Gasteiger charge is 2.31. The van der Waals surface area contributed by atoms with Crippen LogP contribution in [-0.2, 0) is 6.42 Å². The SMILES string of the molecule is CN(C)C1CCC(Oc2ncnc3sc4c(c23)C(CCC#N)CC4)CC1. The van der Waals surface area contributed by atoms with E-state index < -0.39 is 0 Å². The molecule has 0 N–H and O–H groups in total. The Balaban J connectivity index is 1.58. The summed E-state index contributed by atoms with van der Waals surface area (Å²) >= 11 is 1.78. The summed E-state index contributed by atoms with van der Waals surface area (Å²) in [7, 11) is 4.33. The van der Waals surface area contributed by atoms with Gasteiger partial charge in [-0.25, -0.2) is 9.97 Å². The van der Waals surface area contributed by atoms with Crippen molar-refractivity contribution in [3.63, 3.8) is 0 Å². The van der Waals surface area contributed by atoms with Crippen molar-refractivity contribution in [2.45, 2.75) is 69.4 Å². The summed E-state index contributed by atoms with van der Waals surface area (Å²) in [6.07, 6.45) is 10.2. The molecule has 0 amide bonds. The summed E-state index contributed by atoms with van der Waals surface area (Å²) < 4.78 is 6.41. The first-order chi connectivity index (χ1) is 12.7. The maximum atomic E-state index is 8.97. The fourth-order valence-corrected chi connectivity index (χ4v) is 5.73. The van der Waals surface area contributed by atoms with Crippen LogP contribution in [0, 0.1) is 11.3 Å². The summed E-state index contributed by atoms with van der Waals surface area (Å²) in [6.45, 7) is 0. The minimum Gasteiger partial charge on any atom is -0.474 e. The molecule has 1 unspecified atom stereocenters. The van der Waals surface area contributed by atoms with E-state index in [1.807, 2.05) is 0 Å². The van der Waals surface area contributed by atoms with Crippen molar-refractivity contribution in [1.29, 1.82) is 5.26 Å². The molecule has 0 spiro atoms. The molecule has 2 heterocycles. The quantitative estimate of drug-likeness (QED) is 0.786. The molecule has 1 saturated carbocycles. The molecule has 26 heavy (non-hydrogen) atoms. The van der Waals surface area contributed by atoms with Crippen LogP contribution >= 0.6 is 11.3 Å². The number of thiophene rings is 1. The fourth-order valence-electron chi connectivity index (χ4n) is 4.49. The molecule has 2 aromatic rings. The van der Waals surface area contributed by atoms with Gasteiger partial charge in [-0.15, -0.1) is 11.3 Å². The Labute approximate surface area is 159 Å². The standard InChI is InChI=1S/C20H26N4OS/c1-24(2)14-6-8-15(9-7-14)25-19-18-17-13(4-3-11-21)5-10-16(17)26-20(18)23-12-22-19/h12-15H,3-10H2,1-2H3. The zero-order valence-corrected chi connectivity index (χ0v) is 16.4. The Morgan fingerprint density at radius 3 is 2.77 bits per heavy atom. The second-order valence-corrected chi connectivity index (χ2v) is 8.83. The average Bonchev–Trinajstić information content (AvgIpc) is 3.20. The van der Waals surface area contributed by atoms with Gasteiger partial charge >= 0.3 is 0 Å². The van der Waals surface area contributed by atoms with E-state index in [1.54, 1.807) is 17.7 Å². The van der Waals surface area contributed by atoms with Crippen molar-refractivity contribution in [3.8, 4) is 11.9 Å². The summed E-state index contributed by atoms with van der Waals surface area (Å²) in [4.78, 5) is 13.8. The maximum Gasteiger partial charge on any atom is 0.225 e. The molecular weight excluding hydrogens is 344 g/mol. The number of hydrogen-bond acceptors (Lipinski definition) is 6. The number of ether oxygens (including phenoxy) is 1. The van der Waals surface area contributed by atoms with Gasteiger partial charge in [-0.1, -0.05) is 0 Å². The predicted octanol–water partition coefficient (Wildman–Crippen LogP) is 4.28. The van der Waals surface area contributed by atoms with Gasteiger partial charge in [0, 0.05) is 17.3 Å². The molecule has 0 bridgehead atoms. The molecule has 0 aromatic carbocycles. The molecule has 1 atom stereocenters. The van der Waals surface area contributed by atoms with Crippen LogP contribution < -0.4 is 4.74 Å². The summed E-state index contributed by atoms with van der Waals surface area (Å²) in [5, 5.41) is 10.1. The minimum absolute atomic E-state index is 0.249. The van der Waals surface area contributed by atoms with Gasteiger partial charge in [0.15, 0.2) is 0 Å². The third kappa shape index (κ3) is 3.30. The van der Waals surface area contributed by atoms with E-state index in [4.69, 9.17) is 10.00 Å². The lowest BCUT2D eigenvalue weighted by Crippen LogP contribution is -2.35. The number of nitriles is 1. The summed E-state index contributed by atoms with van der Waals surface area (Å²) in [5.74, 6) is 1.22. The first-order valence-electron chi connectivity index (χ1n) is 9.63. The van der Waals surface area contributed by atoms with E-state index >= 15 is 0 Å². The van der Waals surface area contributed by atoms with E-state index in [1.165, 1.54) is 23.3 Å². The number of hydrogen-bond donors (Lipinski definition) is 0. The molecule has 6 heteroatoms. The third-order valence-corrected chi connectivity index (χ3v) is 7.13. The molecule has 2 aromatic heterocycles. The van der Waals surface area contributed by atoms with Crippen LogP contribution in [0.2, 0.25) is 0 Å². The minimum atomic E-state index is 0.249. The summed E-state index contributed by atoms with van der Waals surface area (Å²) in [5.41, 5.74) is 1.37. The second kappa shape index (κ2) is 7.50. The van der Waals surface area contributed by atoms with Crippen molar-refractivity contribution < 1.29 is 4.74 Å². The lowest BCUT2D eigenvalue weighted by atomic mass is 9.92. The van der Waals surface area contributed by atoms with Gasteiger partial charge in [-0.2, -0.15) is 5.26 Å². The van der Waals surface area contributed by atoms with Gasteiger partial charge in [0.05, 0.1) is 11.5 Å². The first kappa shape index (κ1) is 17.7. The summed E-state index contributed by atoms with van der Waals surface area (Å²) in [6, 6.07) is 2.96. The van der Waals surface area contributed by atoms with E-state index in [0.717, 1.165) is 48.2 Å². The monoisotopic (exact) mass is 370 g/mol. The van der Waals surface area contributed by atoms with Gasteiger partial charge in [0.1, 0.15) is 17.3 Å². The zero-order valence-electron chi connectivity index (χ0n) is 15.6. The highest BCUT2D eigenvalue weighted by molar-refractivity contribution is 7.19. The lowest BCUT2D eigenvalue weighted by molar-refractivity contribution is 0.108. The van der Waals surface area contributed by atoms with Crippen molar-refractivity contribution in [2.24, 2.45) is 0 Å². The van der Waals surface area contributed by atoms with Gasteiger partial charge in [-0.05, 0) is 70.5 Å². The van der Waals surface area contributed by atoms with Crippen LogP contribution in [-0.4, -0.2) is 41.1 Å². The average molecular weight is 371 g/mol. The largest absolute Gasteiger partial charge is 0.474 e. The molecular formula is C20H26N4OS. The van der Waals surface area contributed by atoms with Gasteiger partial charge in [-0.3, -0.25) is 0 Å². The fraction of sp³-hybridized carbons (Fsp3) is 0.650. The first-order valence-corrected chi connectivity index (χ1v) is 10.4. The van der Waals surface area contributed by atoms with Crippen molar-refractivity contribution in [2.75, 3.05) is 14.1 Å². The molecule has 5 nitrogen and oxygen atoms in total. The molecule has 0 saturated heterocycles. The van der Waals surface area contributed by atoms with Crippen LogP contribution in [0.15, 0.2) is 6.33 Å². The Morgan fingerprint density at radius 2 is 2.04 bits per heavy atom.